The zero-order chi connectivity index (χ0) is 41.9. The van der Waals surface area contributed by atoms with Crippen LogP contribution in [0.3, 0.4) is 0 Å². The van der Waals surface area contributed by atoms with Gasteiger partial charge in [-0.05, 0) is 70.2 Å². The largest absolute Gasteiger partial charge is 0.379 e. The number of thiazole rings is 1. The van der Waals surface area contributed by atoms with E-state index in [0.29, 0.717) is 25.1 Å². The van der Waals surface area contributed by atoms with Gasteiger partial charge in [-0.15, -0.1) is 11.3 Å². The van der Waals surface area contributed by atoms with E-state index in [1.165, 1.54) is 11.3 Å². The number of rotatable bonds is 21. The predicted molar refractivity (Wildman–Crippen MR) is 226 cm³/mol. The Balaban J connectivity index is 1.79. The number of nitrogens with zero attached hydrogens (tertiary/aromatic N) is 4. The predicted octanol–water partition coefficient (Wildman–Crippen LogP) is 5.37. The summed E-state index contributed by atoms with van der Waals surface area (Å²) in [6.45, 7) is 14.0. The third kappa shape index (κ3) is 11.8. The fourth-order valence-corrected chi connectivity index (χ4v) is 8.39. The molecular weight excluding hydrogens is 749 g/mol. The molecule has 1 saturated heterocycles. The van der Waals surface area contributed by atoms with Gasteiger partial charge in [0, 0.05) is 45.1 Å². The number of benzene rings is 1. The van der Waals surface area contributed by atoms with E-state index in [0.717, 1.165) is 29.0 Å². The fourth-order valence-electron chi connectivity index (χ4n) is 7.49. The van der Waals surface area contributed by atoms with E-state index < -0.39 is 35.7 Å². The van der Waals surface area contributed by atoms with E-state index in [4.69, 9.17) is 9.47 Å². The number of carbonyl (C=O) groups excluding carboxylic acids is 4. The molecule has 56 heavy (non-hydrogen) atoms. The van der Waals surface area contributed by atoms with Gasteiger partial charge in [-0.3, -0.25) is 24.1 Å². The number of thiol groups is 1. The number of likely N-dealkylation sites (tertiary alicyclic amines) is 1. The Morgan fingerprint density at radius 3 is 2.18 bits per heavy atom. The standard InChI is InChI=1S/C42H68N6O6S2/c1-13-27(4)36(47(10)40(51)35(26(2)3)45-41(52)42(6,7)46(8)9)33(53-11)24-34(49)48-21-14-15-32(48)37(54-12)28(5)38(50)44-31(39-43-20-22-56-39)23-29-16-18-30(25-55)19-17-29/h16-20,22,26-28,31-33,35-37,55H,13-15,21,23-25H2,1-12H3,(H,44,50)(H,45,52)/t27-,28+,31?,32-,33+,35-,36-,37+/m0/s1. The molecule has 1 aromatic carbocycles. The van der Waals surface area contributed by atoms with E-state index in [9.17, 15) is 19.2 Å². The van der Waals surface area contributed by atoms with Crippen LogP contribution in [0.4, 0.5) is 0 Å². The lowest BCUT2D eigenvalue weighted by molar-refractivity contribution is -0.148. The number of hydrogen-bond acceptors (Lipinski definition) is 10. The molecule has 0 saturated carbocycles. The van der Waals surface area contributed by atoms with Crippen molar-refractivity contribution in [2.75, 3.05) is 41.9 Å². The van der Waals surface area contributed by atoms with Gasteiger partial charge in [0.2, 0.25) is 23.6 Å². The molecule has 8 atom stereocenters. The Bertz CT molecular complexity index is 1550. The van der Waals surface area contributed by atoms with Crippen molar-refractivity contribution in [3.8, 4) is 0 Å². The number of amides is 4. The van der Waals surface area contributed by atoms with E-state index in [2.05, 4.69) is 54.2 Å². The Kier molecular flexibility index (Phi) is 18.3. The molecule has 0 aliphatic carbocycles. The van der Waals surface area contributed by atoms with Gasteiger partial charge in [-0.2, -0.15) is 12.6 Å². The first-order valence-corrected chi connectivity index (χ1v) is 21.4. The average molecular weight is 817 g/mol. The van der Waals surface area contributed by atoms with Crippen LogP contribution in [0.5, 0.6) is 0 Å². The van der Waals surface area contributed by atoms with Crippen molar-refractivity contribution in [3.05, 3.63) is 52.0 Å². The van der Waals surface area contributed by atoms with Gasteiger partial charge in [0.05, 0.1) is 48.2 Å². The first kappa shape index (κ1) is 47.3. The van der Waals surface area contributed by atoms with Crippen LogP contribution in [0.2, 0.25) is 0 Å². The number of likely N-dealkylation sites (N-methyl/N-ethyl adjacent to an activating group) is 2. The van der Waals surface area contributed by atoms with Gasteiger partial charge in [-0.25, -0.2) is 4.98 Å². The minimum absolute atomic E-state index is 0.0139. The van der Waals surface area contributed by atoms with Crippen LogP contribution in [0.25, 0.3) is 0 Å². The zero-order valence-electron chi connectivity index (χ0n) is 35.7. The Morgan fingerprint density at radius 2 is 1.66 bits per heavy atom. The van der Waals surface area contributed by atoms with E-state index in [-0.39, 0.29) is 54.0 Å². The van der Waals surface area contributed by atoms with Crippen LogP contribution in [-0.2, 0) is 40.8 Å². The lowest BCUT2D eigenvalue weighted by Crippen LogP contribution is -2.61. The highest BCUT2D eigenvalue weighted by atomic mass is 32.1. The van der Waals surface area contributed by atoms with Gasteiger partial charge >= 0.3 is 0 Å². The number of methoxy groups -OCH3 is 2. The second-order valence-corrected chi connectivity index (χ2v) is 17.6. The Labute approximate surface area is 345 Å². The summed E-state index contributed by atoms with van der Waals surface area (Å²) in [4.78, 5) is 65.7. The lowest BCUT2D eigenvalue weighted by Gasteiger charge is -2.41. The van der Waals surface area contributed by atoms with Crippen molar-refractivity contribution < 1.29 is 28.7 Å². The lowest BCUT2D eigenvalue weighted by atomic mass is 9.89. The molecule has 1 fully saturated rings. The zero-order valence-corrected chi connectivity index (χ0v) is 37.4. The molecule has 0 spiro atoms. The first-order chi connectivity index (χ1) is 26.4. The van der Waals surface area contributed by atoms with Gasteiger partial charge in [-0.1, -0.05) is 65.3 Å². The minimum Gasteiger partial charge on any atom is -0.379 e. The molecular formula is C42H68N6O6S2. The molecule has 1 aliphatic rings. The van der Waals surface area contributed by atoms with Crippen molar-refractivity contribution in [2.24, 2.45) is 17.8 Å². The highest BCUT2D eigenvalue weighted by molar-refractivity contribution is 7.79. The van der Waals surface area contributed by atoms with Crippen LogP contribution in [0, 0.1) is 17.8 Å². The van der Waals surface area contributed by atoms with Crippen molar-refractivity contribution in [1.29, 1.82) is 0 Å². The fraction of sp³-hybridized carbons (Fsp3) is 0.690. The average Bonchev–Trinajstić information content (AvgIpc) is 3.90. The summed E-state index contributed by atoms with van der Waals surface area (Å²) >= 11 is 5.87. The molecule has 1 unspecified atom stereocenters. The molecule has 4 amide bonds. The molecule has 314 valence electrons. The summed E-state index contributed by atoms with van der Waals surface area (Å²) in [7, 11) is 8.57. The quantitative estimate of drug-likeness (QED) is 0.143. The van der Waals surface area contributed by atoms with E-state index in [1.807, 2.05) is 76.0 Å². The number of hydrogen-bond donors (Lipinski definition) is 3. The number of carbonyl (C=O) groups is 4. The summed E-state index contributed by atoms with van der Waals surface area (Å²) in [6, 6.07) is 6.35. The van der Waals surface area contributed by atoms with Crippen molar-refractivity contribution in [2.45, 2.75) is 128 Å². The normalized spacial score (nSPS) is 18.6. The smallest absolute Gasteiger partial charge is 0.245 e. The van der Waals surface area contributed by atoms with Gasteiger partial charge < -0.3 is 29.9 Å². The molecule has 3 rings (SSSR count). The van der Waals surface area contributed by atoms with Crippen molar-refractivity contribution in [3.63, 3.8) is 0 Å². The number of aromatic nitrogens is 1. The molecule has 2 N–H and O–H groups in total. The van der Waals surface area contributed by atoms with Crippen molar-refractivity contribution in [1.82, 2.24) is 30.3 Å². The van der Waals surface area contributed by atoms with Crippen LogP contribution < -0.4 is 10.6 Å². The van der Waals surface area contributed by atoms with Crippen LogP contribution in [0.15, 0.2) is 35.8 Å². The van der Waals surface area contributed by atoms with Crippen LogP contribution >= 0.6 is 24.0 Å². The molecule has 0 radical (unpaired) electrons. The Hall–Kier alpha value is -3.04. The summed E-state index contributed by atoms with van der Waals surface area (Å²) in [5.74, 6) is -0.861. The molecule has 2 heterocycles. The summed E-state index contributed by atoms with van der Waals surface area (Å²) in [6.07, 6.45) is 3.42. The SMILES string of the molecule is CC[C@H](C)[C@@H]([C@@H](CC(=O)N1CCC[C@H]1[C@H](OC)[C@@H](C)C(=O)NC(Cc1ccc(CS)cc1)c1nccs1)OC)N(C)C(=O)[C@@H](NC(=O)C(C)(C)N(C)C)C(C)C. The molecule has 1 aliphatic heterocycles. The highest BCUT2D eigenvalue weighted by Crippen LogP contribution is 2.31. The monoisotopic (exact) mass is 816 g/mol. The summed E-state index contributed by atoms with van der Waals surface area (Å²) < 4.78 is 12.1. The van der Waals surface area contributed by atoms with E-state index >= 15 is 0 Å². The summed E-state index contributed by atoms with van der Waals surface area (Å²) in [5.41, 5.74) is 1.38. The number of nitrogens with one attached hydrogen (secondary N) is 2. The second kappa shape index (κ2) is 21.6. The molecule has 2 aromatic rings. The third-order valence-electron chi connectivity index (χ3n) is 11.9. The van der Waals surface area contributed by atoms with Gasteiger partial charge in [0.25, 0.3) is 0 Å². The maximum Gasteiger partial charge on any atom is 0.245 e. The van der Waals surface area contributed by atoms with Crippen LogP contribution in [-0.4, -0.2) is 121 Å². The maximum atomic E-state index is 14.3. The van der Waals surface area contributed by atoms with Crippen LogP contribution in [0.1, 0.15) is 96.3 Å². The number of ether oxygens (including phenoxy) is 2. The first-order valence-electron chi connectivity index (χ1n) is 19.9. The molecule has 14 heteroatoms. The maximum absolute atomic E-state index is 14.3. The minimum atomic E-state index is -0.823. The molecule has 12 nitrogen and oxygen atoms in total. The van der Waals surface area contributed by atoms with E-state index in [1.54, 1.807) is 32.4 Å². The third-order valence-corrected chi connectivity index (χ3v) is 13.1. The highest BCUT2D eigenvalue weighted by Gasteiger charge is 2.43. The second-order valence-electron chi connectivity index (χ2n) is 16.3. The molecule has 1 aromatic heterocycles. The van der Waals surface area contributed by atoms with Gasteiger partial charge in [0.1, 0.15) is 11.0 Å². The Morgan fingerprint density at radius 1 is 1.02 bits per heavy atom. The summed E-state index contributed by atoms with van der Waals surface area (Å²) in [5, 5.41) is 8.98. The molecule has 0 bridgehead atoms. The topological polar surface area (TPSA) is 133 Å². The van der Waals surface area contributed by atoms with Crippen molar-refractivity contribution >= 4 is 47.6 Å². The van der Waals surface area contributed by atoms with Gasteiger partial charge in [0.15, 0.2) is 0 Å².